The van der Waals surface area contributed by atoms with Gasteiger partial charge in [-0.05, 0) is 32.4 Å². The van der Waals surface area contributed by atoms with Crippen molar-refractivity contribution < 1.29 is 9.59 Å². The summed E-state index contributed by atoms with van der Waals surface area (Å²) in [7, 11) is 3.34. The Morgan fingerprint density at radius 2 is 1.65 bits per heavy atom. The van der Waals surface area contributed by atoms with Crippen molar-refractivity contribution in [2.45, 2.75) is 32.2 Å². The van der Waals surface area contributed by atoms with Crippen LogP contribution >= 0.6 is 11.6 Å². The highest BCUT2D eigenvalue weighted by Gasteiger charge is 2.31. The van der Waals surface area contributed by atoms with Crippen molar-refractivity contribution >= 4 is 29.1 Å². The second kappa shape index (κ2) is 6.75. The third-order valence-electron chi connectivity index (χ3n) is 3.14. The van der Waals surface area contributed by atoms with Crippen LogP contribution in [-0.2, 0) is 9.59 Å². The Morgan fingerprint density at radius 1 is 1.10 bits per heavy atom. The Morgan fingerprint density at radius 3 is 2.10 bits per heavy atom. The molecule has 2 unspecified atom stereocenters. The van der Waals surface area contributed by atoms with Crippen molar-refractivity contribution in [3.63, 3.8) is 0 Å². The SMILES string of the molecule is Cc1ccccc1N(C(=O)C(C)Cl)C(C)C(=O)N(C)C. The number of halogens is 1. The molecule has 1 rings (SSSR count). The Kier molecular flexibility index (Phi) is 5.57. The Bertz CT molecular complexity index is 500. The van der Waals surface area contributed by atoms with E-state index in [-0.39, 0.29) is 11.8 Å². The van der Waals surface area contributed by atoms with Crippen LogP contribution < -0.4 is 4.90 Å². The number of aryl methyl sites for hydroxylation is 1. The van der Waals surface area contributed by atoms with E-state index < -0.39 is 11.4 Å². The number of benzene rings is 1. The van der Waals surface area contributed by atoms with E-state index in [2.05, 4.69) is 0 Å². The molecule has 0 heterocycles. The van der Waals surface area contributed by atoms with Crippen molar-refractivity contribution in [1.82, 2.24) is 4.90 Å². The lowest BCUT2D eigenvalue weighted by Gasteiger charge is -2.32. The van der Waals surface area contributed by atoms with Crippen molar-refractivity contribution in [1.29, 1.82) is 0 Å². The molecule has 0 aliphatic heterocycles. The molecule has 110 valence electrons. The molecule has 0 spiro atoms. The summed E-state index contributed by atoms with van der Waals surface area (Å²) in [5.41, 5.74) is 1.64. The number of para-hydroxylation sites is 1. The summed E-state index contributed by atoms with van der Waals surface area (Å²) in [5.74, 6) is -0.414. The molecule has 0 fully saturated rings. The number of amides is 2. The first-order valence-electron chi connectivity index (χ1n) is 6.51. The highest BCUT2D eigenvalue weighted by molar-refractivity contribution is 6.33. The van der Waals surface area contributed by atoms with E-state index in [9.17, 15) is 9.59 Å². The smallest absolute Gasteiger partial charge is 0.245 e. The number of hydrogen-bond donors (Lipinski definition) is 0. The number of anilines is 1. The van der Waals surface area contributed by atoms with Gasteiger partial charge in [0.25, 0.3) is 0 Å². The molecule has 0 aliphatic rings. The Labute approximate surface area is 125 Å². The summed E-state index contributed by atoms with van der Waals surface area (Å²) < 4.78 is 0. The van der Waals surface area contributed by atoms with Gasteiger partial charge >= 0.3 is 0 Å². The second-order valence-corrected chi connectivity index (χ2v) is 5.67. The predicted molar refractivity (Wildman–Crippen MR) is 82.1 cm³/mol. The van der Waals surface area contributed by atoms with Crippen molar-refractivity contribution in [2.75, 3.05) is 19.0 Å². The van der Waals surface area contributed by atoms with E-state index in [0.29, 0.717) is 5.69 Å². The number of carbonyl (C=O) groups excluding carboxylic acids is 2. The van der Waals surface area contributed by atoms with E-state index >= 15 is 0 Å². The van der Waals surface area contributed by atoms with Crippen LogP contribution in [0.25, 0.3) is 0 Å². The molecule has 0 aromatic heterocycles. The zero-order chi connectivity index (χ0) is 15.4. The van der Waals surface area contributed by atoms with Gasteiger partial charge in [-0.2, -0.15) is 0 Å². The van der Waals surface area contributed by atoms with E-state index in [0.717, 1.165) is 5.56 Å². The molecule has 1 aromatic carbocycles. The summed E-state index contributed by atoms with van der Waals surface area (Å²) >= 11 is 5.94. The molecule has 2 amide bonds. The molecule has 4 nitrogen and oxygen atoms in total. The van der Waals surface area contributed by atoms with Crippen LogP contribution in [0, 0.1) is 6.92 Å². The number of rotatable bonds is 4. The monoisotopic (exact) mass is 296 g/mol. The first-order valence-corrected chi connectivity index (χ1v) is 6.95. The normalized spacial score (nSPS) is 13.5. The minimum atomic E-state index is -0.688. The first-order chi connectivity index (χ1) is 9.27. The molecule has 5 heteroatoms. The molecular formula is C15H21ClN2O2. The fourth-order valence-corrected chi connectivity index (χ4v) is 2.13. The van der Waals surface area contributed by atoms with Gasteiger partial charge in [-0.15, -0.1) is 11.6 Å². The number of carbonyl (C=O) groups is 2. The van der Waals surface area contributed by atoms with Crippen LogP contribution in [0.15, 0.2) is 24.3 Å². The van der Waals surface area contributed by atoms with Gasteiger partial charge in [0.05, 0.1) is 0 Å². The zero-order valence-electron chi connectivity index (χ0n) is 12.6. The quantitative estimate of drug-likeness (QED) is 0.801. The summed E-state index contributed by atoms with van der Waals surface area (Å²) in [6.45, 7) is 5.23. The topological polar surface area (TPSA) is 40.6 Å². The van der Waals surface area contributed by atoms with Crippen molar-refractivity contribution in [3.05, 3.63) is 29.8 Å². The molecule has 0 saturated heterocycles. The molecular weight excluding hydrogens is 276 g/mol. The molecule has 0 radical (unpaired) electrons. The van der Waals surface area contributed by atoms with E-state index in [1.165, 1.54) is 9.80 Å². The van der Waals surface area contributed by atoms with Gasteiger partial charge in [-0.1, -0.05) is 18.2 Å². The molecule has 0 aliphatic carbocycles. The highest BCUT2D eigenvalue weighted by atomic mass is 35.5. The van der Waals surface area contributed by atoms with E-state index in [4.69, 9.17) is 11.6 Å². The Hall–Kier alpha value is -1.55. The maximum atomic E-state index is 12.4. The van der Waals surface area contributed by atoms with Gasteiger partial charge in [0.2, 0.25) is 11.8 Å². The van der Waals surface area contributed by atoms with Gasteiger partial charge < -0.3 is 4.90 Å². The van der Waals surface area contributed by atoms with Crippen LogP contribution in [-0.4, -0.2) is 42.2 Å². The zero-order valence-corrected chi connectivity index (χ0v) is 13.3. The average molecular weight is 297 g/mol. The summed E-state index contributed by atoms with van der Waals surface area (Å²) in [6.07, 6.45) is 0. The minimum absolute atomic E-state index is 0.140. The number of hydrogen-bond acceptors (Lipinski definition) is 2. The van der Waals surface area contributed by atoms with Gasteiger partial charge in [-0.3, -0.25) is 14.5 Å². The van der Waals surface area contributed by atoms with Crippen LogP contribution in [0.1, 0.15) is 19.4 Å². The van der Waals surface area contributed by atoms with E-state index in [1.54, 1.807) is 27.9 Å². The standard InChI is InChI=1S/C15H21ClN2O2/c1-10-8-6-7-9-13(10)18(14(19)11(2)16)12(3)15(20)17(4)5/h6-9,11-12H,1-5H3. The van der Waals surface area contributed by atoms with E-state index in [1.807, 2.05) is 31.2 Å². The number of nitrogens with zero attached hydrogens (tertiary/aromatic N) is 2. The van der Waals surface area contributed by atoms with Crippen molar-refractivity contribution in [2.24, 2.45) is 0 Å². The molecule has 0 N–H and O–H groups in total. The maximum absolute atomic E-state index is 12.4. The predicted octanol–water partition coefficient (Wildman–Crippen LogP) is 2.43. The van der Waals surface area contributed by atoms with Crippen molar-refractivity contribution in [3.8, 4) is 0 Å². The van der Waals surface area contributed by atoms with Crippen LogP contribution in [0.2, 0.25) is 0 Å². The lowest BCUT2D eigenvalue weighted by molar-refractivity contribution is -0.131. The molecule has 1 aromatic rings. The number of alkyl halides is 1. The number of likely N-dealkylation sites (N-methyl/N-ethyl adjacent to an activating group) is 1. The van der Waals surface area contributed by atoms with Crippen LogP contribution in [0.3, 0.4) is 0 Å². The first kappa shape index (κ1) is 16.5. The highest BCUT2D eigenvalue weighted by Crippen LogP contribution is 2.24. The summed E-state index contributed by atoms with van der Waals surface area (Å²) in [6, 6.07) is 6.87. The molecule has 0 saturated carbocycles. The maximum Gasteiger partial charge on any atom is 0.245 e. The average Bonchev–Trinajstić information content (AvgIpc) is 2.39. The second-order valence-electron chi connectivity index (χ2n) is 5.02. The third kappa shape index (κ3) is 3.51. The fourth-order valence-electron chi connectivity index (χ4n) is 2.03. The van der Waals surface area contributed by atoms with Gasteiger partial charge in [-0.25, -0.2) is 0 Å². The largest absolute Gasteiger partial charge is 0.347 e. The Balaban J connectivity index is 3.26. The third-order valence-corrected chi connectivity index (χ3v) is 3.32. The van der Waals surface area contributed by atoms with Gasteiger partial charge in [0.15, 0.2) is 0 Å². The van der Waals surface area contributed by atoms with Gasteiger partial charge in [0, 0.05) is 19.8 Å². The minimum Gasteiger partial charge on any atom is -0.347 e. The summed E-state index contributed by atoms with van der Waals surface area (Å²) in [4.78, 5) is 27.5. The molecule has 0 bridgehead atoms. The summed E-state index contributed by atoms with van der Waals surface area (Å²) in [5, 5.41) is -0.688. The van der Waals surface area contributed by atoms with Crippen LogP contribution in [0.5, 0.6) is 0 Å². The van der Waals surface area contributed by atoms with Gasteiger partial charge in [0.1, 0.15) is 11.4 Å². The lowest BCUT2D eigenvalue weighted by Crippen LogP contribution is -2.50. The fraction of sp³-hybridized carbons (Fsp3) is 0.467. The van der Waals surface area contributed by atoms with Crippen LogP contribution in [0.4, 0.5) is 5.69 Å². The molecule has 2 atom stereocenters. The lowest BCUT2D eigenvalue weighted by atomic mass is 10.1. The molecule has 20 heavy (non-hydrogen) atoms.